The third kappa shape index (κ3) is 5.69. The number of rotatable bonds is 8. The van der Waals surface area contributed by atoms with Crippen LogP contribution in [0.25, 0.3) is 10.1 Å². The molecule has 0 fully saturated rings. The number of halogens is 3. The fraction of sp³-hybridized carbons (Fsp3) is 0.529. The van der Waals surface area contributed by atoms with Crippen LogP contribution in [0.2, 0.25) is 0 Å². The van der Waals surface area contributed by atoms with Gasteiger partial charge in [0.15, 0.2) is 0 Å². The van der Waals surface area contributed by atoms with Crippen molar-refractivity contribution in [1.29, 1.82) is 0 Å². The van der Waals surface area contributed by atoms with Crippen LogP contribution < -0.4 is 0 Å². The van der Waals surface area contributed by atoms with Crippen molar-refractivity contribution in [2.75, 3.05) is 19.3 Å². The van der Waals surface area contributed by atoms with Crippen molar-refractivity contribution in [3.63, 3.8) is 0 Å². The number of sulfonamides is 1. The van der Waals surface area contributed by atoms with Crippen LogP contribution in [0.5, 0.6) is 0 Å². The van der Waals surface area contributed by atoms with Gasteiger partial charge in [-0.3, -0.25) is 4.18 Å². The summed E-state index contributed by atoms with van der Waals surface area (Å²) >= 11 is 0.889. The molecule has 1 aromatic heterocycles. The highest BCUT2D eigenvalue weighted by atomic mass is 32.2. The summed E-state index contributed by atoms with van der Waals surface area (Å²) in [7, 11) is -7.83. The number of fused-ring (bicyclic) bond motifs is 1. The van der Waals surface area contributed by atoms with Crippen molar-refractivity contribution in [2.45, 2.75) is 43.7 Å². The molecule has 2 rings (SSSR count). The molecule has 0 amide bonds. The first-order valence-corrected chi connectivity index (χ1v) is 12.7. The minimum Gasteiger partial charge on any atom is -0.266 e. The molecule has 0 bridgehead atoms. The van der Waals surface area contributed by atoms with Gasteiger partial charge in [0.1, 0.15) is 4.21 Å². The molecule has 1 heterocycles. The van der Waals surface area contributed by atoms with E-state index in [4.69, 9.17) is 4.18 Å². The zero-order chi connectivity index (χ0) is 22.2. The fourth-order valence-corrected chi connectivity index (χ4v) is 7.06. The smallest absolute Gasteiger partial charge is 0.266 e. The lowest BCUT2D eigenvalue weighted by atomic mass is 10.1. The monoisotopic (exact) mass is 473 g/mol. The van der Waals surface area contributed by atoms with Gasteiger partial charge in [0.25, 0.3) is 20.1 Å². The second kappa shape index (κ2) is 8.50. The molecule has 164 valence electrons. The molecule has 1 atom stereocenters. The Morgan fingerprint density at radius 1 is 1.21 bits per heavy atom. The molecule has 0 saturated heterocycles. The molecular weight excluding hydrogens is 451 g/mol. The van der Waals surface area contributed by atoms with Crippen molar-refractivity contribution < 1.29 is 34.2 Å². The van der Waals surface area contributed by atoms with E-state index in [1.165, 1.54) is 19.9 Å². The van der Waals surface area contributed by atoms with E-state index in [0.717, 1.165) is 34.0 Å². The zero-order valence-corrected chi connectivity index (χ0v) is 18.7. The van der Waals surface area contributed by atoms with E-state index in [1.54, 1.807) is 6.92 Å². The maximum absolute atomic E-state index is 13.2. The highest BCUT2D eigenvalue weighted by Crippen LogP contribution is 2.39. The Balaban J connectivity index is 2.48. The molecule has 29 heavy (non-hydrogen) atoms. The van der Waals surface area contributed by atoms with E-state index >= 15 is 0 Å². The second-order valence-electron chi connectivity index (χ2n) is 6.70. The number of hydrogen-bond donors (Lipinski definition) is 0. The average molecular weight is 474 g/mol. The van der Waals surface area contributed by atoms with E-state index in [-0.39, 0.29) is 28.2 Å². The maximum Gasteiger partial charge on any atom is 0.416 e. The van der Waals surface area contributed by atoms with Gasteiger partial charge in [-0.2, -0.15) is 25.9 Å². The molecule has 1 unspecified atom stereocenters. The molecule has 0 saturated carbocycles. The van der Waals surface area contributed by atoms with Gasteiger partial charge >= 0.3 is 6.18 Å². The van der Waals surface area contributed by atoms with Gasteiger partial charge in [-0.25, -0.2) is 8.42 Å². The number of aryl methyl sites for hydroxylation is 1. The Hall–Kier alpha value is -1.21. The normalized spacial score (nSPS) is 14.6. The number of benzene rings is 1. The van der Waals surface area contributed by atoms with Gasteiger partial charge in [-0.1, -0.05) is 6.92 Å². The van der Waals surface area contributed by atoms with Crippen LogP contribution in [0.3, 0.4) is 0 Å². The first kappa shape index (κ1) is 24.1. The van der Waals surface area contributed by atoms with Crippen LogP contribution in [0.4, 0.5) is 13.2 Å². The third-order valence-electron chi connectivity index (χ3n) is 4.07. The summed E-state index contributed by atoms with van der Waals surface area (Å²) in [6, 6.07) is 3.12. The number of alkyl halides is 3. The van der Waals surface area contributed by atoms with Crippen molar-refractivity contribution in [3.05, 3.63) is 29.3 Å². The molecule has 0 radical (unpaired) electrons. The van der Waals surface area contributed by atoms with Crippen molar-refractivity contribution in [3.8, 4) is 0 Å². The van der Waals surface area contributed by atoms with Gasteiger partial charge in [-0.05, 0) is 49.4 Å². The van der Waals surface area contributed by atoms with Crippen LogP contribution in [-0.2, 0) is 30.5 Å². The second-order valence-corrected chi connectivity index (χ2v) is 11.5. The van der Waals surface area contributed by atoms with Crippen LogP contribution in [0.1, 0.15) is 31.4 Å². The molecule has 0 N–H and O–H groups in total. The fourth-order valence-electron chi connectivity index (χ4n) is 2.91. The maximum atomic E-state index is 13.2. The predicted octanol–water partition coefficient (Wildman–Crippen LogP) is 3.99. The summed E-state index contributed by atoms with van der Waals surface area (Å²) in [5.41, 5.74) is -0.621. The standard InChI is InChI=1S/C17H22F3NO5S3/c1-5-8-21(10-11(2)26-28(4,22)23)29(24,25)16-12(3)14-9-13(17(18,19)20)6-7-15(14)27-16/h6-7,9,11H,5,8,10H2,1-4H3. The first-order valence-electron chi connectivity index (χ1n) is 8.65. The van der Waals surface area contributed by atoms with E-state index < -0.39 is 38.0 Å². The average Bonchev–Trinajstić information content (AvgIpc) is 2.89. The van der Waals surface area contributed by atoms with E-state index in [2.05, 4.69) is 0 Å². The minimum absolute atomic E-state index is 0.0631. The molecule has 0 aliphatic heterocycles. The highest BCUT2D eigenvalue weighted by molar-refractivity contribution is 7.91. The number of nitrogens with zero attached hydrogens (tertiary/aromatic N) is 1. The van der Waals surface area contributed by atoms with Crippen molar-refractivity contribution in [1.82, 2.24) is 4.31 Å². The molecule has 1 aromatic carbocycles. The van der Waals surface area contributed by atoms with E-state index in [9.17, 15) is 30.0 Å². The van der Waals surface area contributed by atoms with Crippen LogP contribution >= 0.6 is 11.3 Å². The minimum atomic E-state index is -4.53. The summed E-state index contributed by atoms with van der Waals surface area (Å²) in [5, 5.41) is 0.222. The van der Waals surface area contributed by atoms with Crippen LogP contribution in [0, 0.1) is 6.92 Å². The van der Waals surface area contributed by atoms with Crippen molar-refractivity contribution in [2.24, 2.45) is 0 Å². The molecule has 2 aromatic rings. The Kier molecular flexibility index (Phi) is 7.05. The molecule has 0 spiro atoms. The topological polar surface area (TPSA) is 80.8 Å². The van der Waals surface area contributed by atoms with E-state index in [1.807, 2.05) is 0 Å². The lowest BCUT2D eigenvalue weighted by Gasteiger charge is -2.24. The highest BCUT2D eigenvalue weighted by Gasteiger charge is 2.33. The zero-order valence-electron chi connectivity index (χ0n) is 16.3. The Morgan fingerprint density at radius 2 is 1.83 bits per heavy atom. The van der Waals surface area contributed by atoms with Gasteiger partial charge in [-0.15, -0.1) is 11.3 Å². The summed E-state index contributed by atoms with van der Waals surface area (Å²) in [6.45, 7) is 4.57. The van der Waals surface area contributed by atoms with Gasteiger partial charge in [0.05, 0.1) is 17.9 Å². The van der Waals surface area contributed by atoms with Crippen LogP contribution in [-0.4, -0.2) is 46.6 Å². The Bertz CT molecular complexity index is 1090. The Labute approximate surface area is 172 Å². The number of thiophene rings is 1. The van der Waals surface area contributed by atoms with Gasteiger partial charge < -0.3 is 0 Å². The van der Waals surface area contributed by atoms with Gasteiger partial charge in [0, 0.05) is 17.8 Å². The largest absolute Gasteiger partial charge is 0.416 e. The third-order valence-corrected chi connectivity index (χ3v) is 8.48. The molecule has 12 heteroatoms. The summed E-state index contributed by atoms with van der Waals surface area (Å²) in [6.07, 6.45) is -4.12. The quantitative estimate of drug-likeness (QED) is 0.542. The Morgan fingerprint density at radius 3 is 2.34 bits per heavy atom. The lowest BCUT2D eigenvalue weighted by Crippen LogP contribution is -2.38. The molecule has 0 aliphatic rings. The van der Waals surface area contributed by atoms with Gasteiger partial charge in [0.2, 0.25) is 0 Å². The summed E-state index contributed by atoms with van der Waals surface area (Å²) in [5.74, 6) is 0. The van der Waals surface area contributed by atoms with E-state index in [0.29, 0.717) is 11.1 Å². The first-order chi connectivity index (χ1) is 13.2. The summed E-state index contributed by atoms with van der Waals surface area (Å²) < 4.78 is 94.3. The van der Waals surface area contributed by atoms with Crippen molar-refractivity contribution >= 4 is 41.6 Å². The molecular formula is C17H22F3NO5S3. The lowest BCUT2D eigenvalue weighted by molar-refractivity contribution is -0.137. The predicted molar refractivity (Wildman–Crippen MR) is 106 cm³/mol. The SMILES string of the molecule is CCCN(CC(C)OS(C)(=O)=O)S(=O)(=O)c1sc2ccc(C(F)(F)F)cc2c1C. The molecule has 0 aliphatic carbocycles. The summed E-state index contributed by atoms with van der Waals surface area (Å²) in [4.78, 5) is 0. The molecule has 6 nitrogen and oxygen atoms in total. The van der Waals surface area contributed by atoms with Crippen LogP contribution in [0.15, 0.2) is 22.4 Å². The number of hydrogen-bond acceptors (Lipinski definition) is 6.